The molecule has 1 saturated heterocycles. The number of hydrogen-bond donors (Lipinski definition) is 2. The number of carbonyl (C=O) groups excluding carboxylic acids is 1. The van der Waals surface area contributed by atoms with Crippen LogP contribution in [0.15, 0.2) is 29.4 Å². The van der Waals surface area contributed by atoms with Crippen molar-refractivity contribution in [1.29, 1.82) is 0 Å². The lowest BCUT2D eigenvalue weighted by Crippen LogP contribution is -2.52. The van der Waals surface area contributed by atoms with Gasteiger partial charge in [-0.3, -0.25) is 4.98 Å². The van der Waals surface area contributed by atoms with Gasteiger partial charge in [-0.25, -0.2) is 13.2 Å². The Hall–Kier alpha value is -1.67. The van der Waals surface area contributed by atoms with Crippen LogP contribution in [0.1, 0.15) is 40.0 Å². The molecule has 0 radical (unpaired) electrons. The van der Waals surface area contributed by atoms with Crippen molar-refractivity contribution in [2.75, 3.05) is 13.1 Å². The highest BCUT2D eigenvalue weighted by molar-refractivity contribution is 7.89. The maximum atomic E-state index is 12.8. The van der Waals surface area contributed by atoms with E-state index in [0.29, 0.717) is 6.54 Å². The molecule has 24 heavy (non-hydrogen) atoms. The standard InChI is InChI=1S/C16H26N4O3S/c1-16(2,3)19-15(21)18-13-7-4-5-10-20(12-13)24(22,23)14-8-6-9-17-11-14/h6,8-9,11,13H,4-5,7,10,12H2,1-3H3,(H2,18,19,21)/t13-/m0/s1. The number of hydrogen-bond acceptors (Lipinski definition) is 4. The maximum Gasteiger partial charge on any atom is 0.315 e. The molecular weight excluding hydrogens is 328 g/mol. The van der Waals surface area contributed by atoms with E-state index in [-0.39, 0.29) is 29.1 Å². The van der Waals surface area contributed by atoms with Gasteiger partial charge in [0, 0.05) is 37.1 Å². The minimum atomic E-state index is -3.59. The SMILES string of the molecule is CC(C)(C)NC(=O)N[C@H]1CCCCN(S(=O)(=O)c2cccnc2)C1. The summed E-state index contributed by atoms with van der Waals surface area (Å²) in [6.07, 6.45) is 5.31. The minimum Gasteiger partial charge on any atom is -0.334 e. The van der Waals surface area contributed by atoms with Crippen LogP contribution < -0.4 is 10.6 Å². The molecule has 1 aliphatic rings. The highest BCUT2D eigenvalue weighted by Crippen LogP contribution is 2.19. The number of sulfonamides is 1. The van der Waals surface area contributed by atoms with E-state index >= 15 is 0 Å². The first-order valence-electron chi connectivity index (χ1n) is 8.17. The third kappa shape index (κ3) is 5.17. The van der Waals surface area contributed by atoms with Crippen molar-refractivity contribution in [2.24, 2.45) is 0 Å². The lowest BCUT2D eigenvalue weighted by atomic mass is 10.1. The van der Waals surface area contributed by atoms with Gasteiger partial charge >= 0.3 is 6.03 Å². The summed E-state index contributed by atoms with van der Waals surface area (Å²) in [6.45, 7) is 6.43. The summed E-state index contributed by atoms with van der Waals surface area (Å²) in [5, 5.41) is 5.74. The summed E-state index contributed by atoms with van der Waals surface area (Å²) in [5.74, 6) is 0. The predicted octanol–water partition coefficient (Wildman–Crippen LogP) is 1.72. The summed E-state index contributed by atoms with van der Waals surface area (Å²) >= 11 is 0. The lowest BCUT2D eigenvalue weighted by molar-refractivity contribution is 0.225. The van der Waals surface area contributed by atoms with Gasteiger partial charge in [0.2, 0.25) is 10.0 Å². The summed E-state index contributed by atoms with van der Waals surface area (Å²) in [6, 6.07) is 2.67. The zero-order valence-electron chi connectivity index (χ0n) is 14.4. The first-order valence-corrected chi connectivity index (χ1v) is 9.61. The molecule has 1 atom stereocenters. The number of amides is 2. The van der Waals surface area contributed by atoms with E-state index in [1.165, 1.54) is 10.5 Å². The van der Waals surface area contributed by atoms with Gasteiger partial charge in [0.1, 0.15) is 4.90 Å². The van der Waals surface area contributed by atoms with Crippen LogP contribution in [0, 0.1) is 0 Å². The monoisotopic (exact) mass is 354 g/mol. The van der Waals surface area contributed by atoms with E-state index in [0.717, 1.165) is 19.3 Å². The van der Waals surface area contributed by atoms with Crippen LogP contribution in [0.3, 0.4) is 0 Å². The summed E-state index contributed by atoms with van der Waals surface area (Å²) in [5.41, 5.74) is -0.337. The number of pyridine rings is 1. The van der Waals surface area contributed by atoms with Crippen LogP contribution in [0.5, 0.6) is 0 Å². The summed E-state index contributed by atoms with van der Waals surface area (Å²) < 4.78 is 27.0. The zero-order chi connectivity index (χ0) is 17.8. The fourth-order valence-corrected chi connectivity index (χ4v) is 4.14. The van der Waals surface area contributed by atoms with E-state index in [4.69, 9.17) is 0 Å². The third-order valence-electron chi connectivity index (χ3n) is 3.73. The molecule has 1 aliphatic heterocycles. The van der Waals surface area contributed by atoms with E-state index in [1.54, 1.807) is 18.3 Å². The smallest absolute Gasteiger partial charge is 0.315 e. The van der Waals surface area contributed by atoms with E-state index in [9.17, 15) is 13.2 Å². The van der Waals surface area contributed by atoms with Crippen LogP contribution in [-0.4, -0.2) is 48.4 Å². The highest BCUT2D eigenvalue weighted by Gasteiger charge is 2.30. The van der Waals surface area contributed by atoms with Crippen molar-refractivity contribution in [2.45, 2.75) is 56.5 Å². The number of nitrogens with zero attached hydrogens (tertiary/aromatic N) is 2. The third-order valence-corrected chi connectivity index (χ3v) is 5.58. The molecule has 7 nitrogen and oxygen atoms in total. The largest absolute Gasteiger partial charge is 0.334 e. The first kappa shape index (κ1) is 18.7. The number of nitrogens with one attached hydrogen (secondary N) is 2. The zero-order valence-corrected chi connectivity index (χ0v) is 15.3. The van der Waals surface area contributed by atoms with E-state index < -0.39 is 10.0 Å². The van der Waals surface area contributed by atoms with Gasteiger partial charge in [-0.05, 0) is 45.7 Å². The topological polar surface area (TPSA) is 91.4 Å². The first-order chi connectivity index (χ1) is 11.2. The van der Waals surface area contributed by atoms with Gasteiger partial charge in [-0.1, -0.05) is 6.42 Å². The maximum absolute atomic E-state index is 12.8. The van der Waals surface area contributed by atoms with Gasteiger partial charge in [0.15, 0.2) is 0 Å². The molecule has 2 heterocycles. The Morgan fingerprint density at radius 1 is 1.33 bits per heavy atom. The Morgan fingerprint density at radius 2 is 2.08 bits per heavy atom. The quantitative estimate of drug-likeness (QED) is 0.865. The molecule has 0 unspecified atom stereocenters. The van der Waals surface area contributed by atoms with Gasteiger partial charge in [0.25, 0.3) is 0 Å². The Morgan fingerprint density at radius 3 is 2.71 bits per heavy atom. The molecule has 8 heteroatoms. The van der Waals surface area contributed by atoms with E-state index in [2.05, 4.69) is 15.6 Å². The van der Waals surface area contributed by atoms with Crippen LogP contribution in [0.4, 0.5) is 4.79 Å². The molecule has 0 aromatic carbocycles. The summed E-state index contributed by atoms with van der Waals surface area (Å²) in [7, 11) is -3.59. The van der Waals surface area contributed by atoms with Crippen LogP contribution in [0.2, 0.25) is 0 Å². The van der Waals surface area contributed by atoms with Crippen molar-refractivity contribution < 1.29 is 13.2 Å². The predicted molar refractivity (Wildman–Crippen MR) is 92.1 cm³/mol. The lowest BCUT2D eigenvalue weighted by Gasteiger charge is -2.27. The van der Waals surface area contributed by atoms with Crippen LogP contribution in [0.25, 0.3) is 0 Å². The molecule has 0 saturated carbocycles. The number of carbonyl (C=O) groups is 1. The van der Waals surface area contributed by atoms with Gasteiger partial charge in [-0.15, -0.1) is 0 Å². The fraction of sp³-hybridized carbons (Fsp3) is 0.625. The molecule has 134 valence electrons. The summed E-state index contributed by atoms with van der Waals surface area (Å²) in [4.78, 5) is 16.1. The molecule has 0 spiro atoms. The Balaban J connectivity index is 2.08. The van der Waals surface area contributed by atoms with Gasteiger partial charge in [0.05, 0.1) is 0 Å². The van der Waals surface area contributed by atoms with Crippen molar-refractivity contribution >= 4 is 16.1 Å². The second-order valence-electron chi connectivity index (χ2n) is 7.09. The molecule has 2 rings (SSSR count). The Bertz CT molecular complexity index is 656. The molecule has 2 amide bonds. The second-order valence-corrected chi connectivity index (χ2v) is 9.03. The second kappa shape index (κ2) is 7.48. The minimum absolute atomic E-state index is 0.185. The van der Waals surface area contributed by atoms with Crippen molar-refractivity contribution in [3.8, 4) is 0 Å². The average molecular weight is 354 g/mol. The number of rotatable bonds is 3. The number of aromatic nitrogens is 1. The van der Waals surface area contributed by atoms with Crippen molar-refractivity contribution in [3.63, 3.8) is 0 Å². The van der Waals surface area contributed by atoms with Crippen LogP contribution in [-0.2, 0) is 10.0 Å². The van der Waals surface area contributed by atoms with Gasteiger partial charge < -0.3 is 10.6 Å². The molecular formula is C16H26N4O3S. The van der Waals surface area contributed by atoms with Crippen LogP contribution >= 0.6 is 0 Å². The normalized spacial score (nSPS) is 20.2. The molecule has 1 aromatic rings. The molecule has 1 fully saturated rings. The average Bonchev–Trinajstić information content (AvgIpc) is 2.72. The molecule has 1 aromatic heterocycles. The molecule has 0 bridgehead atoms. The number of urea groups is 1. The van der Waals surface area contributed by atoms with Gasteiger partial charge in [-0.2, -0.15) is 4.31 Å². The van der Waals surface area contributed by atoms with E-state index in [1.807, 2.05) is 20.8 Å². The highest BCUT2D eigenvalue weighted by atomic mass is 32.2. The Labute approximate surface area is 143 Å². The van der Waals surface area contributed by atoms with Crippen molar-refractivity contribution in [3.05, 3.63) is 24.5 Å². The molecule has 0 aliphatic carbocycles. The fourth-order valence-electron chi connectivity index (χ4n) is 2.65. The molecule has 2 N–H and O–H groups in total. The van der Waals surface area contributed by atoms with Crippen molar-refractivity contribution in [1.82, 2.24) is 19.9 Å². The Kier molecular flexibility index (Phi) is 5.82.